The molecule has 0 bridgehead atoms. The number of hydrogen-bond acceptors (Lipinski definition) is 3. The summed E-state index contributed by atoms with van der Waals surface area (Å²) < 4.78 is 10.00. The summed E-state index contributed by atoms with van der Waals surface area (Å²) >= 11 is 0. The van der Waals surface area contributed by atoms with Crippen molar-refractivity contribution in [3.63, 3.8) is 0 Å². The van der Waals surface area contributed by atoms with Crippen LogP contribution in [0, 0.1) is 0 Å². The van der Waals surface area contributed by atoms with Crippen LogP contribution in [0.3, 0.4) is 0 Å². The van der Waals surface area contributed by atoms with Gasteiger partial charge >= 0.3 is 12.0 Å². The molecule has 5 heteroatoms. The molecule has 2 heterocycles. The van der Waals surface area contributed by atoms with E-state index in [1.165, 1.54) is 25.7 Å². The predicted octanol–water partition coefficient (Wildman–Crippen LogP) is 4.25. The van der Waals surface area contributed by atoms with Gasteiger partial charge in [0.25, 0.3) is 0 Å². The van der Waals surface area contributed by atoms with E-state index in [-0.39, 0.29) is 0 Å². The number of unbranched alkanes of at least 4 members (excludes halogenated alkanes) is 4. The number of rotatable bonds is 10. The molecule has 0 aliphatic heterocycles. The summed E-state index contributed by atoms with van der Waals surface area (Å²) in [5.41, 5.74) is 0. The normalized spacial score (nSPS) is 11.0. The molecular weight excluding hydrogens is 264 g/mol. The molecule has 0 unspecified atom stereocenters. The topological polar surface area (TPSA) is 44.9 Å². The van der Waals surface area contributed by atoms with Gasteiger partial charge in [0.15, 0.2) is 0 Å². The first-order valence-electron chi connectivity index (χ1n) is 8.05. The first-order chi connectivity index (χ1) is 10.3. The zero-order chi connectivity index (χ0) is 14.9. The zero-order valence-corrected chi connectivity index (χ0v) is 13.2. The lowest BCUT2D eigenvalue weighted by Gasteiger charge is -2.10. The van der Waals surface area contributed by atoms with Gasteiger partial charge in [-0.15, -0.1) is 0 Å². The fourth-order valence-corrected chi connectivity index (χ4v) is 2.29. The maximum Gasteiger partial charge on any atom is 0.304 e. The highest BCUT2D eigenvalue weighted by Gasteiger charge is 2.10. The van der Waals surface area contributed by atoms with Gasteiger partial charge in [0, 0.05) is 37.9 Å². The van der Waals surface area contributed by atoms with Gasteiger partial charge in [0.1, 0.15) is 0 Å². The molecule has 0 saturated heterocycles. The molecule has 5 nitrogen and oxygen atoms in total. The summed E-state index contributed by atoms with van der Waals surface area (Å²) in [5, 5.41) is 0. The molecular formula is C16H26N4O. The number of hydrogen-bond donors (Lipinski definition) is 0. The lowest BCUT2D eigenvalue weighted by molar-refractivity contribution is 0.356. The first kappa shape index (κ1) is 15.6. The van der Waals surface area contributed by atoms with Crippen LogP contribution in [0.15, 0.2) is 24.8 Å². The highest BCUT2D eigenvalue weighted by molar-refractivity contribution is 5.08. The third-order valence-electron chi connectivity index (χ3n) is 3.54. The third-order valence-corrected chi connectivity index (χ3v) is 3.54. The van der Waals surface area contributed by atoms with Gasteiger partial charge in [0.05, 0.1) is 0 Å². The molecule has 0 N–H and O–H groups in total. The van der Waals surface area contributed by atoms with Crippen molar-refractivity contribution in [2.45, 2.75) is 65.5 Å². The van der Waals surface area contributed by atoms with Gasteiger partial charge in [-0.1, -0.05) is 39.5 Å². The maximum absolute atomic E-state index is 5.89. The van der Waals surface area contributed by atoms with Crippen LogP contribution in [0.5, 0.6) is 12.0 Å². The lowest BCUT2D eigenvalue weighted by Crippen LogP contribution is -2.05. The fraction of sp³-hybridized carbons (Fsp3) is 0.625. The fourth-order valence-electron chi connectivity index (χ4n) is 2.29. The minimum absolute atomic E-state index is 0.633. The molecule has 0 amide bonds. The summed E-state index contributed by atoms with van der Waals surface area (Å²) in [5.74, 6) is 0. The maximum atomic E-state index is 5.89. The molecule has 116 valence electrons. The van der Waals surface area contributed by atoms with E-state index in [0.717, 1.165) is 25.9 Å². The van der Waals surface area contributed by atoms with Crippen LogP contribution >= 0.6 is 0 Å². The summed E-state index contributed by atoms with van der Waals surface area (Å²) in [7, 11) is 0. The van der Waals surface area contributed by atoms with Crippen molar-refractivity contribution in [3.8, 4) is 12.0 Å². The van der Waals surface area contributed by atoms with Crippen LogP contribution in [0.1, 0.15) is 52.4 Å². The van der Waals surface area contributed by atoms with E-state index in [1.54, 1.807) is 12.4 Å². The predicted molar refractivity (Wildman–Crippen MR) is 83.6 cm³/mol. The van der Waals surface area contributed by atoms with E-state index < -0.39 is 0 Å². The number of aryl methyl sites for hydroxylation is 2. The van der Waals surface area contributed by atoms with Crippen LogP contribution in [0.4, 0.5) is 0 Å². The quantitative estimate of drug-likeness (QED) is 0.614. The van der Waals surface area contributed by atoms with Crippen molar-refractivity contribution in [1.82, 2.24) is 19.1 Å². The Labute approximate surface area is 127 Å². The molecule has 2 aromatic heterocycles. The van der Waals surface area contributed by atoms with Crippen LogP contribution in [-0.2, 0) is 13.1 Å². The third kappa shape index (κ3) is 4.62. The molecule has 2 aromatic rings. The van der Waals surface area contributed by atoms with Crippen LogP contribution in [-0.4, -0.2) is 19.1 Å². The van der Waals surface area contributed by atoms with Crippen molar-refractivity contribution in [2.24, 2.45) is 0 Å². The van der Waals surface area contributed by atoms with E-state index in [2.05, 4.69) is 32.9 Å². The van der Waals surface area contributed by atoms with Gasteiger partial charge in [-0.3, -0.25) is 0 Å². The molecule has 0 fully saturated rings. The Balaban J connectivity index is 1.95. The summed E-state index contributed by atoms with van der Waals surface area (Å²) in [4.78, 5) is 8.59. The zero-order valence-electron chi connectivity index (χ0n) is 13.2. The van der Waals surface area contributed by atoms with Crippen LogP contribution < -0.4 is 4.74 Å². The molecule has 2 rings (SSSR count). The number of nitrogens with zero attached hydrogens (tertiary/aromatic N) is 4. The molecule has 0 radical (unpaired) electrons. The van der Waals surface area contributed by atoms with Crippen molar-refractivity contribution in [3.05, 3.63) is 24.8 Å². The monoisotopic (exact) mass is 290 g/mol. The number of ether oxygens (including phenoxy) is 1. The van der Waals surface area contributed by atoms with E-state index in [9.17, 15) is 0 Å². The average Bonchev–Trinajstić information content (AvgIpc) is 3.10. The molecule has 0 aliphatic rings. The molecule has 0 atom stereocenters. The molecule has 0 spiro atoms. The Bertz CT molecular complexity index is 472. The van der Waals surface area contributed by atoms with E-state index in [1.807, 2.05) is 12.4 Å². The van der Waals surface area contributed by atoms with Crippen molar-refractivity contribution >= 4 is 0 Å². The van der Waals surface area contributed by atoms with E-state index in [0.29, 0.717) is 12.0 Å². The number of aromatic nitrogens is 4. The van der Waals surface area contributed by atoms with Crippen molar-refractivity contribution < 1.29 is 4.74 Å². The Hall–Kier alpha value is -1.78. The van der Waals surface area contributed by atoms with Gasteiger partial charge < -0.3 is 13.9 Å². The second-order valence-electron chi connectivity index (χ2n) is 5.32. The second-order valence-corrected chi connectivity index (χ2v) is 5.32. The van der Waals surface area contributed by atoms with Gasteiger partial charge in [-0.25, -0.2) is 9.97 Å². The Morgan fingerprint density at radius 2 is 1.29 bits per heavy atom. The molecule has 0 aliphatic carbocycles. The minimum atomic E-state index is 0.633. The summed E-state index contributed by atoms with van der Waals surface area (Å²) in [6, 6.07) is 1.27. The number of imidazole rings is 2. The Morgan fingerprint density at radius 1 is 0.810 bits per heavy atom. The summed E-state index contributed by atoms with van der Waals surface area (Å²) in [6.07, 6.45) is 14.7. The largest absolute Gasteiger partial charge is 0.391 e. The van der Waals surface area contributed by atoms with Gasteiger partial charge in [0.2, 0.25) is 0 Å². The van der Waals surface area contributed by atoms with Crippen molar-refractivity contribution in [1.29, 1.82) is 0 Å². The van der Waals surface area contributed by atoms with Gasteiger partial charge in [-0.05, 0) is 12.8 Å². The van der Waals surface area contributed by atoms with E-state index >= 15 is 0 Å². The first-order valence-corrected chi connectivity index (χ1v) is 8.05. The second kappa shape index (κ2) is 8.49. The Morgan fingerprint density at radius 3 is 1.71 bits per heavy atom. The van der Waals surface area contributed by atoms with Gasteiger partial charge in [-0.2, -0.15) is 0 Å². The summed E-state index contributed by atoms with van der Waals surface area (Å²) in [6.45, 7) is 6.30. The lowest BCUT2D eigenvalue weighted by atomic mass is 10.2. The van der Waals surface area contributed by atoms with Crippen LogP contribution in [0.25, 0.3) is 0 Å². The molecule has 0 aromatic carbocycles. The minimum Gasteiger partial charge on any atom is -0.391 e. The highest BCUT2D eigenvalue weighted by Crippen LogP contribution is 2.19. The average molecular weight is 290 g/mol. The molecule has 21 heavy (non-hydrogen) atoms. The Kier molecular flexibility index (Phi) is 6.31. The SMILES string of the molecule is CCCCCn1ccnc1Oc1nccn1CCCCC. The molecule has 0 saturated carbocycles. The van der Waals surface area contributed by atoms with Crippen LogP contribution in [0.2, 0.25) is 0 Å². The highest BCUT2D eigenvalue weighted by atomic mass is 16.5. The standard InChI is InChI=1S/C16H26N4O/c1-3-5-7-11-19-13-9-17-15(19)21-16-18-10-14-20(16)12-8-6-4-2/h9-10,13-14H,3-8,11-12H2,1-2H3. The van der Waals surface area contributed by atoms with Crippen molar-refractivity contribution in [2.75, 3.05) is 0 Å². The van der Waals surface area contributed by atoms with E-state index in [4.69, 9.17) is 4.74 Å². The smallest absolute Gasteiger partial charge is 0.304 e.